The third kappa shape index (κ3) is 5.10. The van der Waals surface area contributed by atoms with Crippen molar-refractivity contribution in [1.29, 1.82) is 0 Å². The highest BCUT2D eigenvalue weighted by molar-refractivity contribution is 7.14. The van der Waals surface area contributed by atoms with E-state index in [-0.39, 0.29) is 5.91 Å². The smallest absolute Gasteiger partial charge is 0.226 e. The van der Waals surface area contributed by atoms with Gasteiger partial charge in [0.05, 0.1) is 19.4 Å². The summed E-state index contributed by atoms with van der Waals surface area (Å²) in [5.74, 6) is 1.63. The van der Waals surface area contributed by atoms with Crippen molar-refractivity contribution in [2.45, 2.75) is 26.7 Å². The Morgan fingerprint density at radius 2 is 1.93 bits per heavy atom. The van der Waals surface area contributed by atoms with Crippen LogP contribution in [0.1, 0.15) is 24.0 Å². The molecule has 0 aliphatic carbocycles. The summed E-state index contributed by atoms with van der Waals surface area (Å²) in [6, 6.07) is 13.7. The number of thiazole rings is 1. The Bertz CT molecular complexity index is 935. The maximum atomic E-state index is 12.2. The van der Waals surface area contributed by atoms with Crippen LogP contribution in [0.4, 0.5) is 5.13 Å². The number of aryl methyl sites for hydroxylation is 1. The minimum atomic E-state index is -0.0554. The Labute approximate surface area is 169 Å². The van der Waals surface area contributed by atoms with E-state index in [4.69, 9.17) is 9.47 Å². The molecule has 0 radical (unpaired) electrons. The Balaban J connectivity index is 1.46. The van der Waals surface area contributed by atoms with E-state index < -0.39 is 0 Å². The third-order valence-corrected chi connectivity index (χ3v) is 5.25. The third-order valence-electron chi connectivity index (χ3n) is 4.50. The summed E-state index contributed by atoms with van der Waals surface area (Å²) in [5, 5.41) is 5.40. The molecule has 0 unspecified atom stereocenters. The van der Waals surface area contributed by atoms with E-state index >= 15 is 0 Å². The van der Waals surface area contributed by atoms with Crippen molar-refractivity contribution in [1.82, 2.24) is 4.98 Å². The minimum Gasteiger partial charge on any atom is -0.497 e. The minimum absolute atomic E-state index is 0.0554. The monoisotopic (exact) mass is 396 g/mol. The van der Waals surface area contributed by atoms with Gasteiger partial charge in [0.15, 0.2) is 5.13 Å². The zero-order valence-corrected chi connectivity index (χ0v) is 17.1. The van der Waals surface area contributed by atoms with Crippen LogP contribution in [0.3, 0.4) is 0 Å². The van der Waals surface area contributed by atoms with Crippen molar-refractivity contribution in [3.8, 4) is 22.8 Å². The van der Waals surface area contributed by atoms with Gasteiger partial charge in [0.25, 0.3) is 0 Å². The molecule has 1 N–H and O–H groups in total. The number of rotatable bonds is 8. The Morgan fingerprint density at radius 3 is 2.68 bits per heavy atom. The van der Waals surface area contributed by atoms with Crippen LogP contribution in [-0.2, 0) is 4.79 Å². The second-order valence-electron chi connectivity index (χ2n) is 6.46. The second kappa shape index (κ2) is 9.37. The van der Waals surface area contributed by atoms with Gasteiger partial charge in [-0.3, -0.25) is 4.79 Å². The van der Waals surface area contributed by atoms with Crippen LogP contribution in [0.25, 0.3) is 11.3 Å². The number of methoxy groups -OCH3 is 1. The molecule has 3 rings (SSSR count). The summed E-state index contributed by atoms with van der Waals surface area (Å²) < 4.78 is 11.0. The van der Waals surface area contributed by atoms with Crippen LogP contribution in [-0.4, -0.2) is 24.6 Å². The molecule has 146 valence electrons. The van der Waals surface area contributed by atoms with E-state index in [0.29, 0.717) is 24.6 Å². The lowest BCUT2D eigenvalue weighted by Crippen LogP contribution is -2.12. The van der Waals surface area contributed by atoms with Gasteiger partial charge in [-0.1, -0.05) is 12.1 Å². The molecular weight excluding hydrogens is 372 g/mol. The lowest BCUT2D eigenvalue weighted by Gasteiger charge is -2.10. The van der Waals surface area contributed by atoms with Crippen molar-refractivity contribution in [3.63, 3.8) is 0 Å². The number of aromatic nitrogens is 1. The number of nitrogens with one attached hydrogen (secondary N) is 1. The first-order valence-corrected chi connectivity index (χ1v) is 10.0. The van der Waals surface area contributed by atoms with Gasteiger partial charge in [0.1, 0.15) is 11.5 Å². The summed E-state index contributed by atoms with van der Waals surface area (Å²) in [5.41, 5.74) is 4.16. The molecule has 0 atom stereocenters. The number of nitrogens with zero attached hydrogens (tertiary/aromatic N) is 1. The number of ether oxygens (including phenoxy) is 2. The fourth-order valence-electron chi connectivity index (χ4n) is 2.70. The highest BCUT2D eigenvalue weighted by Gasteiger charge is 2.09. The average Bonchev–Trinajstić information content (AvgIpc) is 3.16. The molecular formula is C22H24N2O3S. The van der Waals surface area contributed by atoms with Gasteiger partial charge >= 0.3 is 0 Å². The molecule has 28 heavy (non-hydrogen) atoms. The quantitative estimate of drug-likeness (QED) is 0.530. The number of benzene rings is 2. The van der Waals surface area contributed by atoms with Crippen LogP contribution in [0.15, 0.2) is 47.8 Å². The van der Waals surface area contributed by atoms with Gasteiger partial charge in [-0.15, -0.1) is 11.3 Å². The molecule has 1 aromatic heterocycles. The molecule has 0 aliphatic heterocycles. The molecule has 0 spiro atoms. The fourth-order valence-corrected chi connectivity index (χ4v) is 3.44. The van der Waals surface area contributed by atoms with Crippen molar-refractivity contribution >= 4 is 22.4 Å². The van der Waals surface area contributed by atoms with Gasteiger partial charge in [-0.2, -0.15) is 0 Å². The number of carbonyl (C=O) groups is 1. The molecule has 2 aromatic carbocycles. The van der Waals surface area contributed by atoms with Gasteiger partial charge in [-0.25, -0.2) is 4.98 Å². The van der Waals surface area contributed by atoms with Gasteiger partial charge in [-0.05, 0) is 61.7 Å². The molecule has 0 fully saturated rings. The first kappa shape index (κ1) is 19.9. The molecule has 3 aromatic rings. The molecule has 0 saturated heterocycles. The number of amides is 1. The summed E-state index contributed by atoms with van der Waals surface area (Å²) in [6.45, 7) is 4.61. The topological polar surface area (TPSA) is 60.5 Å². The Kier molecular flexibility index (Phi) is 6.66. The summed E-state index contributed by atoms with van der Waals surface area (Å²) in [7, 11) is 1.64. The number of hydrogen-bond donors (Lipinski definition) is 1. The predicted octanol–water partition coefficient (Wildman–Crippen LogP) is 5.23. The van der Waals surface area contributed by atoms with Crippen LogP contribution in [0.2, 0.25) is 0 Å². The van der Waals surface area contributed by atoms with Crippen molar-refractivity contribution in [2.75, 3.05) is 19.0 Å². The van der Waals surface area contributed by atoms with Gasteiger partial charge in [0, 0.05) is 17.4 Å². The summed E-state index contributed by atoms with van der Waals surface area (Å²) >= 11 is 1.42. The highest BCUT2D eigenvalue weighted by atomic mass is 32.1. The molecule has 0 bridgehead atoms. The Hall–Kier alpha value is -2.86. The maximum Gasteiger partial charge on any atom is 0.226 e. The fraction of sp³-hybridized carbons (Fsp3) is 0.273. The standard InChI is InChI=1S/C22H24N2O3S/c1-15-6-4-7-20(16(15)2)27-13-5-8-21(25)24-22-23-19(14-28-22)17-9-11-18(26-3)12-10-17/h4,6-7,9-12,14H,5,8,13H2,1-3H3,(H,23,24,25). The molecule has 6 heteroatoms. The molecule has 1 amide bonds. The van der Waals surface area contributed by atoms with Crippen molar-refractivity contribution in [2.24, 2.45) is 0 Å². The molecule has 1 heterocycles. The van der Waals surface area contributed by atoms with Gasteiger partial charge in [0.2, 0.25) is 5.91 Å². The van der Waals surface area contributed by atoms with E-state index in [9.17, 15) is 4.79 Å². The van der Waals surface area contributed by atoms with Crippen LogP contribution in [0, 0.1) is 13.8 Å². The normalized spacial score (nSPS) is 10.5. The molecule has 0 aliphatic rings. The number of carbonyl (C=O) groups excluding carboxylic acids is 1. The largest absolute Gasteiger partial charge is 0.497 e. The van der Waals surface area contributed by atoms with Crippen molar-refractivity contribution in [3.05, 3.63) is 59.0 Å². The van der Waals surface area contributed by atoms with E-state index in [0.717, 1.165) is 28.3 Å². The van der Waals surface area contributed by atoms with Crippen LogP contribution >= 0.6 is 11.3 Å². The zero-order chi connectivity index (χ0) is 19.9. The number of anilines is 1. The second-order valence-corrected chi connectivity index (χ2v) is 7.32. The van der Waals surface area contributed by atoms with Gasteiger partial charge < -0.3 is 14.8 Å². The van der Waals surface area contributed by atoms with Crippen LogP contribution < -0.4 is 14.8 Å². The lowest BCUT2D eigenvalue weighted by molar-refractivity contribution is -0.116. The van der Waals surface area contributed by atoms with Crippen LogP contribution in [0.5, 0.6) is 11.5 Å². The average molecular weight is 397 g/mol. The molecule has 0 saturated carbocycles. The van der Waals surface area contributed by atoms with E-state index in [1.54, 1.807) is 7.11 Å². The first-order valence-electron chi connectivity index (χ1n) is 9.15. The van der Waals surface area contributed by atoms with Crippen molar-refractivity contribution < 1.29 is 14.3 Å². The first-order chi connectivity index (χ1) is 13.6. The lowest BCUT2D eigenvalue weighted by atomic mass is 10.1. The Morgan fingerprint density at radius 1 is 1.14 bits per heavy atom. The maximum absolute atomic E-state index is 12.2. The summed E-state index contributed by atoms with van der Waals surface area (Å²) in [6.07, 6.45) is 1.04. The van der Waals surface area contributed by atoms with E-state index in [2.05, 4.69) is 23.3 Å². The van der Waals surface area contributed by atoms with E-state index in [1.165, 1.54) is 16.9 Å². The predicted molar refractivity (Wildman–Crippen MR) is 113 cm³/mol. The molecule has 5 nitrogen and oxygen atoms in total. The SMILES string of the molecule is COc1ccc(-c2csc(NC(=O)CCCOc3cccc(C)c3C)n2)cc1. The zero-order valence-electron chi connectivity index (χ0n) is 16.3. The number of hydrogen-bond acceptors (Lipinski definition) is 5. The summed E-state index contributed by atoms with van der Waals surface area (Å²) in [4.78, 5) is 16.6. The highest BCUT2D eigenvalue weighted by Crippen LogP contribution is 2.26. The van der Waals surface area contributed by atoms with E-state index in [1.807, 2.05) is 48.7 Å².